The predicted molar refractivity (Wildman–Crippen MR) is 143 cm³/mol. The molecule has 0 bridgehead atoms. The van der Waals surface area contributed by atoms with E-state index < -0.39 is 0 Å². The summed E-state index contributed by atoms with van der Waals surface area (Å²) in [5.41, 5.74) is 5.86. The molecule has 4 aromatic rings. The van der Waals surface area contributed by atoms with Gasteiger partial charge in [0.25, 0.3) is 5.91 Å². The van der Waals surface area contributed by atoms with E-state index in [0.717, 1.165) is 46.3 Å². The van der Waals surface area contributed by atoms with Crippen molar-refractivity contribution in [3.8, 4) is 0 Å². The standard InChI is InChI=1S/C29H21BrN2OS/c30-19-11-13-20(14-12-19)34-24-16-15-22-25-21(24)9-4-10-23(25)27-26(22)28(29(33)32-27)31-17-5-8-18-6-2-1-3-7-18/h1-4,6-7,9-16H,5,8,17H2,(H,31,32,33). The summed E-state index contributed by atoms with van der Waals surface area (Å²) >= 11 is 5.27. The zero-order valence-electron chi connectivity index (χ0n) is 18.3. The second-order valence-electron chi connectivity index (χ2n) is 8.43. The third kappa shape index (κ3) is 3.79. The van der Waals surface area contributed by atoms with E-state index in [2.05, 4.69) is 105 Å². The van der Waals surface area contributed by atoms with Crippen LogP contribution in [0.1, 0.15) is 23.1 Å². The van der Waals surface area contributed by atoms with E-state index in [9.17, 15) is 4.79 Å². The Balaban J connectivity index is 1.31. The van der Waals surface area contributed by atoms with Gasteiger partial charge in [-0.05, 0) is 59.7 Å². The van der Waals surface area contributed by atoms with E-state index in [0.29, 0.717) is 5.70 Å². The highest BCUT2D eigenvalue weighted by atomic mass is 79.9. The molecule has 0 spiro atoms. The number of carbonyl (C=O) groups excluding carboxylic acids is 1. The van der Waals surface area contributed by atoms with Gasteiger partial charge in [0.2, 0.25) is 0 Å². The Morgan fingerprint density at radius 3 is 2.50 bits per heavy atom. The molecule has 1 N–H and O–H groups in total. The molecule has 5 heteroatoms. The normalized spacial score (nSPS) is 14.0. The van der Waals surface area contributed by atoms with Gasteiger partial charge in [-0.3, -0.25) is 4.79 Å². The van der Waals surface area contributed by atoms with Crippen LogP contribution in [0.15, 0.2) is 110 Å². The summed E-state index contributed by atoms with van der Waals surface area (Å²) < 4.78 is 1.07. The number of fused-ring (bicyclic) bond motifs is 3. The van der Waals surface area contributed by atoms with Crippen LogP contribution in [-0.2, 0) is 11.2 Å². The molecular weight excluding hydrogens is 504 g/mol. The first-order valence-corrected chi connectivity index (χ1v) is 13.0. The molecule has 1 aliphatic carbocycles. The quantitative estimate of drug-likeness (QED) is 0.264. The lowest BCUT2D eigenvalue weighted by molar-refractivity contribution is -0.114. The van der Waals surface area contributed by atoms with Crippen molar-refractivity contribution < 1.29 is 4.79 Å². The monoisotopic (exact) mass is 524 g/mol. The number of benzene rings is 4. The van der Waals surface area contributed by atoms with Crippen LogP contribution < -0.4 is 5.32 Å². The summed E-state index contributed by atoms with van der Waals surface area (Å²) in [7, 11) is 0. The summed E-state index contributed by atoms with van der Waals surface area (Å²) in [5.74, 6) is -0.166. The molecule has 4 aromatic carbocycles. The lowest BCUT2D eigenvalue weighted by Gasteiger charge is -2.11. The van der Waals surface area contributed by atoms with Crippen molar-refractivity contribution in [2.75, 3.05) is 6.54 Å². The van der Waals surface area contributed by atoms with E-state index in [1.54, 1.807) is 11.8 Å². The van der Waals surface area contributed by atoms with Crippen LogP contribution in [0.3, 0.4) is 0 Å². The number of hydrogen-bond donors (Lipinski definition) is 1. The fraction of sp³-hybridized carbons (Fsp3) is 0.103. The fourth-order valence-electron chi connectivity index (χ4n) is 4.71. The smallest absolute Gasteiger partial charge is 0.294 e. The summed E-state index contributed by atoms with van der Waals surface area (Å²) in [4.78, 5) is 19.7. The maximum atomic E-state index is 12.8. The number of aryl methyl sites for hydroxylation is 1. The van der Waals surface area contributed by atoms with Gasteiger partial charge in [0.05, 0.1) is 5.71 Å². The van der Waals surface area contributed by atoms with Crippen molar-refractivity contribution in [3.63, 3.8) is 0 Å². The molecule has 0 unspecified atom stereocenters. The number of allylic oxidation sites excluding steroid dienone is 1. The summed E-state index contributed by atoms with van der Waals surface area (Å²) in [6.45, 7) is 0.735. The molecule has 1 heterocycles. The van der Waals surface area contributed by atoms with E-state index in [1.165, 1.54) is 26.1 Å². The van der Waals surface area contributed by atoms with Crippen LogP contribution in [-0.4, -0.2) is 18.2 Å². The van der Waals surface area contributed by atoms with Gasteiger partial charge in [-0.2, -0.15) is 0 Å². The molecule has 2 aliphatic rings. The maximum absolute atomic E-state index is 12.8. The molecule has 0 saturated heterocycles. The first kappa shape index (κ1) is 21.4. The number of amides is 1. The van der Waals surface area contributed by atoms with Crippen molar-refractivity contribution in [3.05, 3.63) is 112 Å². The van der Waals surface area contributed by atoms with Gasteiger partial charge in [-0.1, -0.05) is 82.3 Å². The number of carbonyl (C=O) groups is 1. The van der Waals surface area contributed by atoms with Gasteiger partial charge in [0, 0.05) is 37.3 Å². The summed E-state index contributed by atoms with van der Waals surface area (Å²) in [6, 6.07) is 29.4. The van der Waals surface area contributed by atoms with Crippen molar-refractivity contribution in [2.24, 2.45) is 4.99 Å². The highest BCUT2D eigenvalue weighted by Gasteiger charge is 2.36. The first-order valence-electron chi connectivity index (χ1n) is 11.3. The van der Waals surface area contributed by atoms with Gasteiger partial charge in [0.1, 0.15) is 5.70 Å². The first-order chi connectivity index (χ1) is 16.7. The van der Waals surface area contributed by atoms with Crippen LogP contribution in [0.25, 0.3) is 16.3 Å². The minimum Gasteiger partial charge on any atom is -0.380 e. The number of aliphatic imine (C=N–C) groups is 1. The minimum atomic E-state index is -0.166. The second kappa shape index (κ2) is 8.90. The van der Waals surface area contributed by atoms with Crippen molar-refractivity contribution in [1.29, 1.82) is 0 Å². The molecular formula is C29H21BrN2OS. The van der Waals surface area contributed by atoms with Crippen LogP contribution in [0.4, 0.5) is 0 Å². The molecule has 0 saturated carbocycles. The van der Waals surface area contributed by atoms with E-state index in [1.807, 2.05) is 6.07 Å². The third-order valence-corrected chi connectivity index (χ3v) is 7.88. The molecule has 34 heavy (non-hydrogen) atoms. The van der Waals surface area contributed by atoms with E-state index >= 15 is 0 Å². The highest BCUT2D eigenvalue weighted by molar-refractivity contribution is 9.10. The molecule has 6 rings (SSSR count). The number of rotatable bonds is 7. The highest BCUT2D eigenvalue weighted by Crippen LogP contribution is 2.45. The molecule has 0 radical (unpaired) electrons. The Bertz CT molecular complexity index is 1490. The largest absolute Gasteiger partial charge is 0.380 e. The molecule has 1 amide bonds. The molecule has 166 valence electrons. The average Bonchev–Trinajstić information content (AvgIpc) is 3.35. The van der Waals surface area contributed by atoms with Crippen molar-refractivity contribution >= 4 is 55.7 Å². The lowest BCUT2D eigenvalue weighted by Crippen LogP contribution is -2.20. The number of nitrogens with one attached hydrogen (secondary N) is 1. The Labute approximate surface area is 211 Å². The fourth-order valence-corrected chi connectivity index (χ4v) is 5.92. The molecule has 0 atom stereocenters. The zero-order chi connectivity index (χ0) is 23.1. The van der Waals surface area contributed by atoms with Crippen molar-refractivity contribution in [2.45, 2.75) is 22.6 Å². The van der Waals surface area contributed by atoms with Crippen LogP contribution in [0, 0.1) is 0 Å². The van der Waals surface area contributed by atoms with E-state index in [4.69, 9.17) is 0 Å². The predicted octanol–water partition coefficient (Wildman–Crippen LogP) is 7.03. The Morgan fingerprint density at radius 1 is 0.853 bits per heavy atom. The van der Waals surface area contributed by atoms with Gasteiger partial charge in [-0.25, -0.2) is 4.99 Å². The SMILES string of the molecule is O=C1N=C2C(=C1NCCCc1ccccc1)c1ccc(Sc3ccc(Br)cc3)c3cccc2c13. The van der Waals surface area contributed by atoms with E-state index in [-0.39, 0.29) is 5.91 Å². The average molecular weight is 525 g/mol. The summed E-state index contributed by atoms with van der Waals surface area (Å²) in [6.07, 6.45) is 1.93. The molecule has 0 aromatic heterocycles. The van der Waals surface area contributed by atoms with Gasteiger partial charge >= 0.3 is 0 Å². The Kier molecular flexibility index (Phi) is 5.60. The van der Waals surface area contributed by atoms with Gasteiger partial charge in [0.15, 0.2) is 0 Å². The lowest BCUT2D eigenvalue weighted by atomic mass is 10.0. The number of halogens is 1. The number of hydrogen-bond acceptors (Lipinski definition) is 3. The topological polar surface area (TPSA) is 41.5 Å². The van der Waals surface area contributed by atoms with Crippen LogP contribution >= 0.6 is 27.7 Å². The third-order valence-electron chi connectivity index (χ3n) is 6.27. The van der Waals surface area contributed by atoms with Crippen molar-refractivity contribution in [1.82, 2.24) is 5.32 Å². The zero-order valence-corrected chi connectivity index (χ0v) is 20.7. The van der Waals surface area contributed by atoms with Gasteiger partial charge < -0.3 is 5.32 Å². The molecule has 1 aliphatic heterocycles. The maximum Gasteiger partial charge on any atom is 0.294 e. The molecule has 3 nitrogen and oxygen atoms in total. The Morgan fingerprint density at radius 2 is 1.68 bits per heavy atom. The molecule has 0 fully saturated rings. The summed E-state index contributed by atoms with van der Waals surface area (Å²) in [5, 5.41) is 5.80. The van der Waals surface area contributed by atoms with Gasteiger partial charge in [-0.15, -0.1) is 0 Å². The minimum absolute atomic E-state index is 0.166. The Hall–Kier alpha value is -3.15. The second-order valence-corrected chi connectivity index (χ2v) is 10.5. The van der Waals surface area contributed by atoms with Crippen LogP contribution in [0.5, 0.6) is 0 Å². The number of nitrogens with zero attached hydrogens (tertiary/aromatic N) is 1. The van der Waals surface area contributed by atoms with Crippen LogP contribution in [0.2, 0.25) is 0 Å².